The van der Waals surface area contributed by atoms with Gasteiger partial charge in [0, 0.05) is 50.1 Å². The number of aryl methyl sites for hydroxylation is 1. The Balaban J connectivity index is 1.66. The molecule has 2 aliphatic heterocycles. The maximum absolute atomic E-state index is 3.50. The number of nitrogens with one attached hydrogen (secondary N) is 1. The lowest BCUT2D eigenvalue weighted by atomic mass is 10.0. The van der Waals surface area contributed by atoms with E-state index in [1.807, 2.05) is 0 Å². The highest BCUT2D eigenvalue weighted by Gasteiger charge is 2.21. The Bertz CT molecular complexity index is 450. The van der Waals surface area contributed by atoms with Crippen LogP contribution in [0.2, 0.25) is 0 Å². The number of fused-ring (bicyclic) bond motifs is 1. The smallest absolute Gasteiger partial charge is 0.0374 e. The molecule has 1 aromatic carbocycles. The molecule has 1 aromatic rings. The molecule has 0 bridgehead atoms. The summed E-state index contributed by atoms with van der Waals surface area (Å²) in [5.74, 6) is 0. The summed E-state index contributed by atoms with van der Waals surface area (Å²) in [5.41, 5.74) is 4.26. The van der Waals surface area contributed by atoms with Gasteiger partial charge in [0.15, 0.2) is 0 Å². The topological polar surface area (TPSA) is 18.5 Å². The van der Waals surface area contributed by atoms with Crippen molar-refractivity contribution in [3.8, 4) is 0 Å². The highest BCUT2D eigenvalue weighted by atomic mass is 15.3. The zero-order valence-corrected chi connectivity index (χ0v) is 12.9. The first kappa shape index (κ1) is 13.7. The number of benzene rings is 1. The van der Waals surface area contributed by atoms with Crippen molar-refractivity contribution in [2.24, 2.45) is 0 Å². The fourth-order valence-corrected chi connectivity index (χ4v) is 3.34. The Labute approximate surface area is 123 Å². The van der Waals surface area contributed by atoms with E-state index in [9.17, 15) is 0 Å². The molecule has 0 aliphatic carbocycles. The van der Waals surface area contributed by atoms with Crippen molar-refractivity contribution in [2.75, 3.05) is 42.9 Å². The second kappa shape index (κ2) is 6.04. The Morgan fingerprint density at radius 2 is 2.00 bits per heavy atom. The normalized spacial score (nSPS) is 21.2. The van der Waals surface area contributed by atoms with Crippen LogP contribution in [0.3, 0.4) is 0 Å². The highest BCUT2D eigenvalue weighted by molar-refractivity contribution is 5.61. The first-order chi connectivity index (χ1) is 9.78. The fraction of sp³-hybridized carbons (Fsp3) is 0.647. The number of rotatable bonds is 3. The number of hydrogen-bond acceptors (Lipinski definition) is 3. The van der Waals surface area contributed by atoms with Crippen LogP contribution in [0.5, 0.6) is 0 Å². The van der Waals surface area contributed by atoms with E-state index in [0.29, 0.717) is 0 Å². The first-order valence-corrected chi connectivity index (χ1v) is 8.13. The van der Waals surface area contributed by atoms with Gasteiger partial charge in [-0.2, -0.15) is 0 Å². The fourth-order valence-electron chi connectivity index (χ4n) is 3.34. The Morgan fingerprint density at radius 1 is 1.20 bits per heavy atom. The molecule has 1 N–H and O–H groups in total. The van der Waals surface area contributed by atoms with Gasteiger partial charge in [-0.15, -0.1) is 0 Å². The largest absolute Gasteiger partial charge is 0.385 e. The summed E-state index contributed by atoms with van der Waals surface area (Å²) in [6.45, 7) is 10.5. The third-order valence-corrected chi connectivity index (χ3v) is 4.92. The molecule has 0 spiro atoms. The molecule has 1 unspecified atom stereocenters. The number of nitrogens with zero attached hydrogens (tertiary/aromatic N) is 2. The van der Waals surface area contributed by atoms with Crippen molar-refractivity contribution >= 4 is 11.4 Å². The van der Waals surface area contributed by atoms with E-state index < -0.39 is 0 Å². The number of hydrogen-bond donors (Lipinski definition) is 1. The minimum Gasteiger partial charge on any atom is -0.385 e. The van der Waals surface area contributed by atoms with Crippen LogP contribution in [0, 0.1) is 0 Å². The lowest BCUT2D eigenvalue weighted by Gasteiger charge is -2.39. The van der Waals surface area contributed by atoms with Crippen LogP contribution in [0.4, 0.5) is 11.4 Å². The zero-order chi connectivity index (χ0) is 13.9. The van der Waals surface area contributed by atoms with Gasteiger partial charge in [0.25, 0.3) is 0 Å². The molecule has 1 atom stereocenters. The number of anilines is 2. The molecule has 20 heavy (non-hydrogen) atoms. The van der Waals surface area contributed by atoms with Crippen molar-refractivity contribution in [1.82, 2.24) is 4.90 Å². The van der Waals surface area contributed by atoms with Crippen LogP contribution in [0.25, 0.3) is 0 Å². The van der Waals surface area contributed by atoms with Gasteiger partial charge in [-0.25, -0.2) is 0 Å². The van der Waals surface area contributed by atoms with Gasteiger partial charge < -0.3 is 10.2 Å². The van der Waals surface area contributed by atoms with E-state index in [4.69, 9.17) is 0 Å². The van der Waals surface area contributed by atoms with Gasteiger partial charge in [-0.3, -0.25) is 4.90 Å². The summed E-state index contributed by atoms with van der Waals surface area (Å²) in [4.78, 5) is 5.17. The van der Waals surface area contributed by atoms with Crippen molar-refractivity contribution < 1.29 is 0 Å². The van der Waals surface area contributed by atoms with E-state index in [1.54, 1.807) is 0 Å². The van der Waals surface area contributed by atoms with E-state index in [2.05, 4.69) is 47.2 Å². The minimum absolute atomic E-state index is 0.727. The van der Waals surface area contributed by atoms with Gasteiger partial charge in [0.1, 0.15) is 0 Å². The van der Waals surface area contributed by atoms with Gasteiger partial charge in [-0.05, 0) is 49.9 Å². The summed E-state index contributed by atoms with van der Waals surface area (Å²) in [7, 11) is 0. The van der Waals surface area contributed by atoms with E-state index in [0.717, 1.165) is 25.7 Å². The molecule has 1 saturated heterocycles. The maximum atomic E-state index is 3.50. The molecule has 3 rings (SSSR count). The summed E-state index contributed by atoms with van der Waals surface area (Å²) in [6.07, 6.45) is 3.74. The average Bonchev–Trinajstić information content (AvgIpc) is 2.54. The van der Waals surface area contributed by atoms with Crippen molar-refractivity contribution in [3.63, 3.8) is 0 Å². The van der Waals surface area contributed by atoms with Crippen LogP contribution in [-0.4, -0.2) is 43.7 Å². The summed E-state index contributed by atoms with van der Waals surface area (Å²) < 4.78 is 0. The van der Waals surface area contributed by atoms with Crippen LogP contribution in [-0.2, 0) is 6.42 Å². The molecular weight excluding hydrogens is 246 g/mol. The van der Waals surface area contributed by atoms with Crippen LogP contribution in [0.15, 0.2) is 18.2 Å². The molecule has 110 valence electrons. The van der Waals surface area contributed by atoms with Crippen molar-refractivity contribution in [3.05, 3.63) is 23.8 Å². The first-order valence-electron chi connectivity index (χ1n) is 8.13. The van der Waals surface area contributed by atoms with Crippen LogP contribution >= 0.6 is 0 Å². The Kier molecular flexibility index (Phi) is 4.16. The van der Waals surface area contributed by atoms with Crippen molar-refractivity contribution in [1.29, 1.82) is 0 Å². The molecule has 2 aliphatic rings. The molecule has 0 amide bonds. The molecule has 2 heterocycles. The van der Waals surface area contributed by atoms with Crippen LogP contribution in [0.1, 0.15) is 32.3 Å². The lowest BCUT2D eigenvalue weighted by molar-refractivity contribution is 0.193. The van der Waals surface area contributed by atoms with Gasteiger partial charge >= 0.3 is 0 Å². The molecule has 0 aromatic heterocycles. The lowest BCUT2D eigenvalue weighted by Crippen LogP contribution is -2.49. The van der Waals surface area contributed by atoms with E-state index in [-0.39, 0.29) is 0 Å². The predicted octanol–water partition coefficient (Wildman–Crippen LogP) is 2.97. The third-order valence-electron chi connectivity index (χ3n) is 4.92. The van der Waals surface area contributed by atoms with Gasteiger partial charge in [-0.1, -0.05) is 6.92 Å². The monoisotopic (exact) mass is 273 g/mol. The summed E-state index contributed by atoms with van der Waals surface area (Å²) >= 11 is 0. The molecular formula is C17H27N3. The second-order valence-corrected chi connectivity index (χ2v) is 6.15. The molecule has 3 nitrogen and oxygen atoms in total. The highest BCUT2D eigenvalue weighted by Crippen LogP contribution is 2.27. The standard InChI is InChI=1S/C17H27N3/c1-3-14(2)19-9-11-20(12-10-19)16-6-7-17-15(13-16)5-4-8-18-17/h6-7,13-14,18H,3-5,8-12H2,1-2H3. The Hall–Kier alpha value is -1.22. The second-order valence-electron chi connectivity index (χ2n) is 6.15. The molecule has 1 fully saturated rings. The van der Waals surface area contributed by atoms with Crippen LogP contribution < -0.4 is 10.2 Å². The predicted molar refractivity (Wildman–Crippen MR) is 86.8 cm³/mol. The summed E-state index contributed by atoms with van der Waals surface area (Å²) in [6, 6.07) is 7.69. The summed E-state index contributed by atoms with van der Waals surface area (Å²) in [5, 5.41) is 3.50. The Morgan fingerprint density at radius 3 is 2.75 bits per heavy atom. The minimum atomic E-state index is 0.727. The van der Waals surface area contributed by atoms with E-state index in [1.165, 1.54) is 49.3 Å². The molecule has 0 radical (unpaired) electrons. The van der Waals surface area contributed by atoms with Gasteiger partial charge in [0.05, 0.1) is 0 Å². The number of piperazine rings is 1. The zero-order valence-electron chi connectivity index (χ0n) is 12.9. The molecule has 0 saturated carbocycles. The quantitative estimate of drug-likeness (QED) is 0.913. The van der Waals surface area contributed by atoms with E-state index >= 15 is 0 Å². The average molecular weight is 273 g/mol. The third kappa shape index (κ3) is 2.78. The maximum Gasteiger partial charge on any atom is 0.0374 e. The molecule has 3 heteroatoms. The van der Waals surface area contributed by atoms with Crippen molar-refractivity contribution in [2.45, 2.75) is 39.2 Å². The SMILES string of the molecule is CCC(C)N1CCN(c2ccc3c(c2)CCCN3)CC1. The van der Waals surface area contributed by atoms with Gasteiger partial charge in [0.2, 0.25) is 0 Å².